The number of aliphatic hydroxyl groups is 8. The van der Waals surface area contributed by atoms with Crippen molar-refractivity contribution in [2.75, 3.05) is 172 Å². The number of carbonyl (C=O) groups excluding carboxylic acids is 8. The molecule has 1 spiro atoms. The molecule has 3 fully saturated rings. The summed E-state index contributed by atoms with van der Waals surface area (Å²) < 4.78 is 74.4. The molecule has 2 aromatic carbocycles. The number of benzene rings is 2. The van der Waals surface area contributed by atoms with Crippen molar-refractivity contribution in [1.29, 1.82) is 0 Å². The molecule has 9 rings (SSSR count). The first-order chi connectivity index (χ1) is 65.2. The van der Waals surface area contributed by atoms with Gasteiger partial charge in [0, 0.05) is 153 Å². The predicted molar refractivity (Wildman–Crippen MR) is 506 cm³/mol. The molecule has 2 bridgehead atoms. The van der Waals surface area contributed by atoms with Crippen LogP contribution in [0.4, 0.5) is 5.69 Å². The van der Waals surface area contributed by atoms with Gasteiger partial charge >= 0.3 is 35.8 Å². The number of ether oxygens (including phenoxy) is 14. The fourth-order valence-electron chi connectivity index (χ4n) is 19.4. The van der Waals surface area contributed by atoms with Gasteiger partial charge in [0.1, 0.15) is 43.1 Å². The minimum Gasteiger partial charge on any atom is -0.496 e. The van der Waals surface area contributed by atoms with E-state index in [4.69, 9.17) is 91.8 Å². The van der Waals surface area contributed by atoms with E-state index in [0.717, 1.165) is 33.6 Å². The van der Waals surface area contributed by atoms with E-state index in [-0.39, 0.29) is 160 Å². The van der Waals surface area contributed by atoms with Crippen LogP contribution in [0.15, 0.2) is 54.1 Å². The van der Waals surface area contributed by atoms with Gasteiger partial charge in [0.15, 0.2) is 30.8 Å². The third-order valence-electron chi connectivity index (χ3n) is 26.4. The maximum absolute atomic E-state index is 15.6. The summed E-state index contributed by atoms with van der Waals surface area (Å²) in [6.07, 6.45) is 7.49. The number of piperidine rings is 1. The largest absolute Gasteiger partial charge is 0.496 e. The van der Waals surface area contributed by atoms with Crippen molar-refractivity contribution in [3.8, 4) is 5.75 Å². The van der Waals surface area contributed by atoms with Crippen molar-refractivity contribution in [2.24, 2.45) is 11.3 Å². The minimum absolute atomic E-state index is 0.0242. The molecule has 7 aliphatic rings. The Labute approximate surface area is 808 Å². The number of esters is 5. The maximum Gasteiger partial charge on any atom is 0.328 e. The monoisotopic (exact) mass is 1970 g/mol. The van der Waals surface area contributed by atoms with Crippen molar-refractivity contribution in [2.45, 2.75) is 279 Å². The van der Waals surface area contributed by atoms with Gasteiger partial charge in [0.05, 0.1) is 89.9 Å². The molecule has 12 N–H and O–H groups in total. The molecule has 5 heterocycles. The Morgan fingerprint density at radius 1 is 0.610 bits per heavy atom. The van der Waals surface area contributed by atoms with E-state index in [1.165, 1.54) is 42.5 Å². The van der Waals surface area contributed by atoms with E-state index < -0.39 is 119 Å². The second-order valence-electron chi connectivity index (χ2n) is 35.0. The molecular weight excluding hydrogens is 1810 g/mol. The number of likely N-dealkylation sites (N-methyl/N-ethyl adjacent to an activating group) is 1. The summed E-state index contributed by atoms with van der Waals surface area (Å²) in [6, 6.07) is 10.0. The second-order valence-corrected chi connectivity index (χ2v) is 37.7. The van der Waals surface area contributed by atoms with Crippen LogP contribution in [-0.2, 0) is 122 Å². The number of methoxy groups -OCH3 is 6. The summed E-state index contributed by atoms with van der Waals surface area (Å²) in [5.74, 6) is -3.53. The molecule has 772 valence electrons. The number of fused-ring (bicyclic) bond motifs is 5. The number of hydrogen-bond donors (Lipinski definition) is 12. The van der Waals surface area contributed by atoms with E-state index >= 15 is 9.59 Å². The highest BCUT2D eigenvalue weighted by atomic mass is 33.1. The summed E-state index contributed by atoms with van der Waals surface area (Å²) in [5, 5.41) is 100. The predicted octanol–water partition coefficient (Wildman–Crippen LogP) is 5.47. The fraction of sp³-hybridized carbons (Fsp3) is 0.740. The molecule has 2 aromatic rings. The molecule has 3 amide bonds. The lowest BCUT2D eigenvalue weighted by atomic mass is 9.47. The van der Waals surface area contributed by atoms with Crippen molar-refractivity contribution in [3.05, 3.63) is 76.4 Å². The van der Waals surface area contributed by atoms with Crippen LogP contribution in [0.5, 0.6) is 5.75 Å². The van der Waals surface area contributed by atoms with Gasteiger partial charge in [-0.05, 0) is 156 Å². The smallest absolute Gasteiger partial charge is 0.328 e. The Bertz CT molecular complexity index is 4110. The molecular formula is C96H154N6O32S2. The molecule has 1 saturated carbocycles. The average Bonchev–Trinajstić information content (AvgIpc) is 1.48. The number of nitrogens with zero attached hydrogens (tertiary/aromatic N) is 3. The molecule has 2 saturated heterocycles. The highest BCUT2D eigenvalue weighted by Crippen LogP contribution is 2.68. The molecule has 136 heavy (non-hydrogen) atoms. The Hall–Kier alpha value is -7.27. The van der Waals surface area contributed by atoms with Crippen LogP contribution in [0.1, 0.15) is 199 Å². The number of carboxylic acid groups (broad SMARTS) is 1. The second kappa shape index (κ2) is 58.8. The SMILES string of the molecule is CCC(CO)OC(CO)OC.CCC(CO)OC(COC(=O)CCCC(=O)O)OC.CCC(COC(=O)CCCC(=O)NCCSSC)OC(CO)OC.CCC(COC(=O)CCCC(=O)N[C@H](C)C(=O)OCCCNC(=O)[C@]1(O)C2N(C)c3cc(OC)c([C@@]4(C(=O)OC)CC5CN(CCC6=C4Cc4ccccc46)CC(O)(CC)C5)cc3[C@@]23CCN2CC=C[C@](CC)(C23)[C@H]1O)OC(CO)OC. The number of aliphatic hydroxyl groups excluding tert-OH is 6. The van der Waals surface area contributed by atoms with Gasteiger partial charge in [-0.25, -0.2) is 4.79 Å². The number of hydrogen-bond acceptors (Lipinski definition) is 36. The van der Waals surface area contributed by atoms with Crippen LogP contribution in [-0.4, -0.2) is 361 Å². The zero-order chi connectivity index (χ0) is 101. The van der Waals surface area contributed by atoms with Crippen LogP contribution in [0.2, 0.25) is 0 Å². The molecule has 13 unspecified atom stereocenters. The summed E-state index contributed by atoms with van der Waals surface area (Å²) in [4.78, 5) is 120. The van der Waals surface area contributed by atoms with E-state index in [9.17, 15) is 54.0 Å². The number of carbonyl (C=O) groups is 9. The number of rotatable bonds is 55. The number of carboxylic acids is 1. The first kappa shape index (κ1) is 117. The van der Waals surface area contributed by atoms with E-state index in [1.54, 1.807) is 28.7 Å². The van der Waals surface area contributed by atoms with E-state index in [2.05, 4.69) is 43.9 Å². The average molecular weight is 1970 g/mol. The van der Waals surface area contributed by atoms with E-state index in [0.29, 0.717) is 140 Å². The first-order valence-corrected chi connectivity index (χ1v) is 50.1. The third-order valence-corrected chi connectivity index (χ3v) is 28.3. The quantitative estimate of drug-likeness (QED) is 0.00975. The summed E-state index contributed by atoms with van der Waals surface area (Å²) >= 11 is 0. The van der Waals surface area contributed by atoms with Gasteiger partial charge in [-0.15, -0.1) is 0 Å². The van der Waals surface area contributed by atoms with Crippen LogP contribution in [0.25, 0.3) is 5.57 Å². The molecule has 5 aliphatic heterocycles. The van der Waals surface area contributed by atoms with Crippen LogP contribution in [0, 0.1) is 11.3 Å². The maximum atomic E-state index is 15.6. The Morgan fingerprint density at radius 2 is 1.17 bits per heavy atom. The normalized spacial score (nSPS) is 24.7. The summed E-state index contributed by atoms with van der Waals surface area (Å²) in [6.45, 7) is 15.6. The topological polar surface area (TPSA) is 511 Å². The van der Waals surface area contributed by atoms with Gasteiger partial charge < -0.3 is 133 Å². The lowest BCUT2D eigenvalue weighted by molar-refractivity contribution is -0.203. The van der Waals surface area contributed by atoms with Crippen LogP contribution < -0.4 is 25.6 Å². The van der Waals surface area contributed by atoms with Gasteiger partial charge in [0.25, 0.3) is 5.91 Å². The zero-order valence-corrected chi connectivity index (χ0v) is 83.7. The summed E-state index contributed by atoms with van der Waals surface area (Å²) in [5.41, 5.74) is -0.324. The van der Waals surface area contributed by atoms with E-state index in [1.807, 2.05) is 90.1 Å². The van der Waals surface area contributed by atoms with Crippen molar-refractivity contribution >= 4 is 86.4 Å². The number of amides is 3. The van der Waals surface area contributed by atoms with Crippen molar-refractivity contribution in [3.63, 3.8) is 0 Å². The zero-order valence-electron chi connectivity index (χ0n) is 82.1. The lowest BCUT2D eigenvalue weighted by Gasteiger charge is -2.63. The molecule has 0 radical (unpaired) electrons. The standard InChI is InChI=1S/C62H87N5O15.C15H29NO6S2.C12H22O7.C7H16O4/c1-9-41(82-51(35-68)78-7)36-81-50(70)20-14-19-49(69)64-38(4)52(71)80-28-16-24-63-56(73)62(76)54-60(23-27-67-25-15-22-59(11-3,53(60)67)55(62)72)45-30-46(48(77-6)31-47(45)65(54)5)61(57(74)79-8)33-39-32-58(75,10-2)37-66(34-39)26-21-43-42-18-13-12-17-40(42)29-44(43)61;1-4-12(22-15(10-17)20-2)11-21-14(19)7-5-6-13(18)16-8-9-24-23-3;1-3-9(7-13)19-12(17-2)8-18-11(16)6-4-5-10(14)15;1-3-6(4-8)11-7(5-9)10-2/h12-13,15,17-18,22,30-31,38-39,41,51,53-55,68,72,75-76H,9-11,14,16,19-21,23-29,32-37H2,1-8H3,(H,63,73)(H,64,69);12,15,17H,4-11H2,1-3H3,(H,16,18);9,12-13H,3-8H2,1-2H3,(H,14,15);6-9H,3-5H2,1-2H3/t38-,39?,41?,51?,53?,54?,55-,58?,59-,60-,61-,62+;;;/m1.../s1. The lowest BCUT2D eigenvalue weighted by Crippen LogP contribution is -2.81. The van der Waals surface area contributed by atoms with Crippen LogP contribution in [0.3, 0.4) is 0 Å². The number of nitrogens with one attached hydrogen (secondary N) is 3. The molecule has 38 nitrogen and oxygen atoms in total. The highest BCUT2D eigenvalue weighted by Gasteiger charge is 2.79. The van der Waals surface area contributed by atoms with Crippen molar-refractivity contribution < 1.29 is 155 Å². The Balaban J connectivity index is 0.000000424. The van der Waals surface area contributed by atoms with Gasteiger partial charge in [-0.2, -0.15) is 0 Å². The fourth-order valence-corrected chi connectivity index (χ4v) is 20.5. The highest BCUT2D eigenvalue weighted by molar-refractivity contribution is 8.76. The minimum atomic E-state index is -2.41. The van der Waals surface area contributed by atoms with Crippen LogP contribution >= 0.6 is 21.6 Å². The first-order valence-electron chi connectivity index (χ1n) is 47.4. The molecule has 40 heteroatoms. The van der Waals surface area contributed by atoms with Crippen molar-refractivity contribution in [1.82, 2.24) is 25.8 Å². The van der Waals surface area contributed by atoms with Gasteiger partial charge in [-0.1, -0.05) is 99.5 Å². The summed E-state index contributed by atoms with van der Waals surface area (Å²) in [7, 11) is 13.9. The number of anilines is 1. The molecule has 0 aromatic heterocycles. The number of aliphatic carboxylic acids is 1. The Morgan fingerprint density at radius 3 is 1.70 bits per heavy atom. The Kier molecular flexibility index (Phi) is 50.8. The molecule has 19 atom stereocenters. The third kappa shape index (κ3) is 31.1. The van der Waals surface area contributed by atoms with Gasteiger partial charge in [-0.3, -0.25) is 48.2 Å². The molecule has 2 aliphatic carbocycles. The van der Waals surface area contributed by atoms with Gasteiger partial charge in [0.2, 0.25) is 11.8 Å².